The molecule has 0 radical (unpaired) electrons. The molecule has 380 valence electrons. The smallest absolute Gasteiger partial charge is 0.329 e. The summed E-state index contributed by atoms with van der Waals surface area (Å²) in [5.74, 6) is -7.97. The predicted molar refractivity (Wildman–Crippen MR) is 248 cm³/mol. The van der Waals surface area contributed by atoms with Gasteiger partial charge in [0, 0.05) is 78.2 Å². The van der Waals surface area contributed by atoms with Crippen LogP contribution in [0.5, 0.6) is 0 Å². The van der Waals surface area contributed by atoms with E-state index in [4.69, 9.17) is 23.7 Å². The number of piperidine rings is 2. The van der Waals surface area contributed by atoms with Crippen LogP contribution in [0, 0.1) is 35.5 Å². The molecule has 2 bridgehead atoms. The van der Waals surface area contributed by atoms with Crippen LogP contribution < -0.4 is 0 Å². The fraction of sp³-hybridized carbons (Fsp3) is 0.824. The monoisotopic (exact) mass is 947 g/mol. The SMILES string of the molecule is CO[C@H]1C[C@@H](C)C/C(C)=C/[C@@H](CCCC(=O)N2CCC(CO)CC2)C(=O)C[C@H](O)[C@@H](C)[C@@H](/C(C)=C/[C@@H]2CC[C@@H](O)[C@H](OC)C2)OC(=O)[C@@H]2CCCCN2C(=O)C(=O)[C@]2(O)O[C@H]1[C@@H](OC)C[C@H]2C. The van der Waals surface area contributed by atoms with E-state index in [1.165, 1.54) is 19.1 Å². The quantitative estimate of drug-likeness (QED) is 0.135. The molecule has 3 saturated heterocycles. The van der Waals surface area contributed by atoms with Crippen LogP contribution >= 0.6 is 0 Å². The summed E-state index contributed by atoms with van der Waals surface area (Å²) in [6.45, 7) is 10.5. The van der Waals surface area contributed by atoms with Crippen molar-refractivity contribution in [3.8, 4) is 0 Å². The number of aliphatic hydroxyl groups is 4. The van der Waals surface area contributed by atoms with E-state index in [1.54, 1.807) is 27.9 Å². The van der Waals surface area contributed by atoms with Crippen molar-refractivity contribution in [3.63, 3.8) is 0 Å². The summed E-state index contributed by atoms with van der Waals surface area (Å²) in [6, 6.07) is -1.18. The van der Waals surface area contributed by atoms with Crippen LogP contribution in [-0.2, 0) is 47.7 Å². The Labute approximate surface area is 398 Å². The third kappa shape index (κ3) is 13.8. The number of amides is 2. The van der Waals surface area contributed by atoms with Gasteiger partial charge in [-0.05, 0) is 121 Å². The number of ether oxygens (including phenoxy) is 5. The van der Waals surface area contributed by atoms with Gasteiger partial charge in [-0.25, -0.2) is 4.79 Å². The van der Waals surface area contributed by atoms with Crippen LogP contribution in [-0.4, -0.2) is 162 Å². The van der Waals surface area contributed by atoms with E-state index in [0.717, 1.165) is 18.4 Å². The molecular weight excluding hydrogens is 865 g/mol. The number of rotatable bonds is 10. The van der Waals surface area contributed by atoms with Gasteiger partial charge in [-0.2, -0.15) is 0 Å². The number of carbonyl (C=O) groups excluding carboxylic acids is 5. The Morgan fingerprint density at radius 2 is 1.54 bits per heavy atom. The molecule has 0 aromatic carbocycles. The number of nitrogens with zero attached hydrogens (tertiary/aromatic N) is 2. The van der Waals surface area contributed by atoms with Crippen LogP contribution in [0.1, 0.15) is 131 Å². The van der Waals surface area contributed by atoms with Gasteiger partial charge in [0.1, 0.15) is 24.0 Å². The zero-order valence-electron chi connectivity index (χ0n) is 41.4. The fourth-order valence-electron chi connectivity index (χ4n) is 11.3. The lowest BCUT2D eigenvalue weighted by molar-refractivity contribution is -0.302. The molecule has 0 aromatic heterocycles. The van der Waals surface area contributed by atoms with Crippen molar-refractivity contribution >= 4 is 29.4 Å². The second kappa shape index (κ2) is 25.2. The summed E-state index contributed by atoms with van der Waals surface area (Å²) in [4.78, 5) is 74.0. The first kappa shape index (κ1) is 54.8. The fourth-order valence-corrected chi connectivity index (χ4v) is 11.3. The van der Waals surface area contributed by atoms with Crippen molar-refractivity contribution in [2.75, 3.05) is 47.6 Å². The van der Waals surface area contributed by atoms with Gasteiger partial charge in [-0.3, -0.25) is 19.2 Å². The number of Topliss-reactive ketones (excluding diaryl/α,β-unsaturated/α-hetero) is 2. The maximum atomic E-state index is 14.5. The molecule has 1 aliphatic carbocycles. The Kier molecular flexibility index (Phi) is 20.6. The summed E-state index contributed by atoms with van der Waals surface area (Å²) in [5, 5.41) is 44.3. The van der Waals surface area contributed by atoms with Gasteiger partial charge >= 0.3 is 5.97 Å². The van der Waals surface area contributed by atoms with Crippen LogP contribution in [0.15, 0.2) is 23.3 Å². The standard InChI is InChI=1S/C51H82N2O14/c1-30-22-31(2)24-43(64-7)47-44(65-8)26-33(4)51(62,67-47)48(59)49(60)53-19-10-9-13-38(53)50(61)66-46(32(3)25-36-15-16-39(55)42(27-36)63-6)34(5)40(56)28-41(57)37(23-30)12-11-14-45(58)52-20-17-35(29-54)18-21-52/h23,25,31,33-40,42-44,46-47,54-56,62H,9-22,24,26-29H2,1-8H3/b30-23+,32-25+/t31-,33+,34+,36-,37+,38-,39+,40-,42+,43-,44-,46+,47+,51+/m0/s1. The second-order valence-corrected chi connectivity index (χ2v) is 20.6. The topological polar surface area (TPSA) is 219 Å². The molecule has 1 saturated carbocycles. The van der Waals surface area contributed by atoms with E-state index in [-0.39, 0.29) is 74.4 Å². The number of allylic oxidation sites excluding steroid dienone is 3. The number of hydrogen-bond acceptors (Lipinski definition) is 14. The highest BCUT2D eigenvalue weighted by Crippen LogP contribution is 2.39. The number of fused-ring (bicyclic) bond motifs is 3. The molecule has 14 atom stereocenters. The highest BCUT2D eigenvalue weighted by Gasteiger charge is 2.56. The molecule has 0 spiro atoms. The summed E-state index contributed by atoms with van der Waals surface area (Å²) in [6.07, 6.45) is 4.82. The Morgan fingerprint density at radius 1 is 0.866 bits per heavy atom. The van der Waals surface area contributed by atoms with Crippen molar-refractivity contribution in [3.05, 3.63) is 23.3 Å². The maximum Gasteiger partial charge on any atom is 0.329 e. The molecule has 5 aliphatic rings. The molecule has 4 fully saturated rings. The van der Waals surface area contributed by atoms with E-state index in [2.05, 4.69) is 0 Å². The summed E-state index contributed by atoms with van der Waals surface area (Å²) in [5.41, 5.74) is 1.54. The number of likely N-dealkylation sites (tertiary alicyclic amines) is 1. The lowest BCUT2D eigenvalue weighted by Crippen LogP contribution is -2.64. The first-order valence-corrected chi connectivity index (χ1v) is 25.0. The zero-order chi connectivity index (χ0) is 49.2. The van der Waals surface area contributed by atoms with Crippen LogP contribution in [0.2, 0.25) is 0 Å². The van der Waals surface area contributed by atoms with Crippen LogP contribution in [0.25, 0.3) is 0 Å². The summed E-state index contributed by atoms with van der Waals surface area (Å²) >= 11 is 0. The number of aliphatic hydroxyl groups excluding tert-OH is 3. The number of methoxy groups -OCH3 is 3. The van der Waals surface area contributed by atoms with E-state index in [9.17, 15) is 44.4 Å². The van der Waals surface area contributed by atoms with E-state index in [1.807, 2.05) is 30.9 Å². The highest BCUT2D eigenvalue weighted by atomic mass is 16.7. The lowest BCUT2D eigenvalue weighted by atomic mass is 9.81. The number of carbonyl (C=O) groups is 5. The van der Waals surface area contributed by atoms with Crippen molar-refractivity contribution in [2.24, 2.45) is 35.5 Å². The molecule has 67 heavy (non-hydrogen) atoms. The maximum absolute atomic E-state index is 14.5. The molecule has 16 nitrogen and oxygen atoms in total. The van der Waals surface area contributed by atoms with Gasteiger partial charge in [0.2, 0.25) is 11.7 Å². The van der Waals surface area contributed by atoms with Gasteiger partial charge in [0.15, 0.2) is 0 Å². The first-order chi connectivity index (χ1) is 31.8. The van der Waals surface area contributed by atoms with Crippen molar-refractivity contribution in [2.45, 2.75) is 185 Å². The Hall–Kier alpha value is -3.09. The number of cyclic esters (lactones) is 1. The minimum atomic E-state index is -2.55. The minimum Gasteiger partial charge on any atom is -0.456 e. The van der Waals surface area contributed by atoms with E-state index >= 15 is 0 Å². The third-order valence-corrected chi connectivity index (χ3v) is 15.6. The zero-order valence-corrected chi connectivity index (χ0v) is 41.4. The Bertz CT molecular complexity index is 1750. The number of hydrogen-bond donors (Lipinski definition) is 4. The molecule has 0 unspecified atom stereocenters. The average Bonchev–Trinajstić information content (AvgIpc) is 3.32. The van der Waals surface area contributed by atoms with E-state index in [0.29, 0.717) is 76.5 Å². The Balaban J connectivity index is 1.50. The first-order valence-electron chi connectivity index (χ1n) is 25.0. The molecule has 4 heterocycles. The molecule has 5 rings (SSSR count). The Morgan fingerprint density at radius 3 is 2.19 bits per heavy atom. The van der Waals surface area contributed by atoms with Gasteiger partial charge in [-0.15, -0.1) is 0 Å². The van der Waals surface area contributed by atoms with Crippen molar-refractivity contribution < 1.29 is 68.1 Å². The molecule has 4 N–H and O–H groups in total. The molecule has 4 aliphatic heterocycles. The van der Waals surface area contributed by atoms with Crippen molar-refractivity contribution in [1.29, 1.82) is 0 Å². The van der Waals surface area contributed by atoms with E-state index < -0.39 is 83.9 Å². The second-order valence-electron chi connectivity index (χ2n) is 20.6. The molecule has 16 heteroatoms. The highest BCUT2D eigenvalue weighted by molar-refractivity contribution is 6.39. The third-order valence-electron chi connectivity index (χ3n) is 15.6. The number of ketones is 2. The average molecular weight is 947 g/mol. The van der Waals surface area contributed by atoms with Gasteiger partial charge in [-0.1, -0.05) is 38.5 Å². The van der Waals surface area contributed by atoms with Gasteiger partial charge in [0.05, 0.1) is 30.5 Å². The summed E-state index contributed by atoms with van der Waals surface area (Å²) < 4.78 is 30.0. The van der Waals surface area contributed by atoms with Crippen LogP contribution in [0.4, 0.5) is 0 Å². The lowest BCUT2D eigenvalue weighted by Gasteiger charge is -2.47. The van der Waals surface area contributed by atoms with Crippen molar-refractivity contribution in [1.82, 2.24) is 9.80 Å². The normalized spacial score (nSPS) is 38.4. The van der Waals surface area contributed by atoms with Gasteiger partial charge < -0.3 is 53.9 Å². The number of esters is 1. The predicted octanol–water partition coefficient (Wildman–Crippen LogP) is 4.46. The molecule has 2 amide bonds. The minimum absolute atomic E-state index is 0.0110. The molecular formula is C51H82N2O14. The van der Waals surface area contributed by atoms with Gasteiger partial charge in [0.25, 0.3) is 11.7 Å². The van der Waals surface area contributed by atoms with Crippen LogP contribution in [0.3, 0.4) is 0 Å². The largest absolute Gasteiger partial charge is 0.456 e. The summed E-state index contributed by atoms with van der Waals surface area (Å²) in [7, 11) is 4.59. The molecule has 0 aromatic rings.